The second kappa shape index (κ2) is 6.71. The van der Waals surface area contributed by atoms with Crippen molar-refractivity contribution in [3.63, 3.8) is 0 Å². The molecule has 0 saturated heterocycles. The van der Waals surface area contributed by atoms with Crippen molar-refractivity contribution in [3.8, 4) is 0 Å². The van der Waals surface area contributed by atoms with Gasteiger partial charge < -0.3 is 10.4 Å². The van der Waals surface area contributed by atoms with Crippen LogP contribution in [0.5, 0.6) is 0 Å². The molecule has 1 aliphatic carbocycles. The molecule has 1 aliphatic rings. The molecule has 0 heterocycles. The minimum absolute atomic E-state index is 0.0109. The number of aryl methyl sites for hydroxylation is 2. The highest BCUT2D eigenvalue weighted by molar-refractivity contribution is 5.78. The number of carbonyl (C=O) groups is 1. The average Bonchev–Trinajstić information content (AvgIpc) is 2.44. The number of carbonyl (C=O) groups excluding carboxylic acids is 1. The molecule has 1 aromatic rings. The molecule has 0 aliphatic heterocycles. The summed E-state index contributed by atoms with van der Waals surface area (Å²) in [5, 5.41) is 12.2. The fraction of sp³-hybridized carbons (Fsp3) is 0.562. The van der Waals surface area contributed by atoms with E-state index in [1.165, 1.54) is 30.4 Å². The van der Waals surface area contributed by atoms with Crippen molar-refractivity contribution in [2.75, 3.05) is 6.54 Å². The molecule has 2 N–H and O–H groups in total. The van der Waals surface area contributed by atoms with E-state index in [1.54, 1.807) is 0 Å². The Kier molecular flexibility index (Phi) is 4.97. The average molecular weight is 261 g/mol. The molecule has 19 heavy (non-hydrogen) atoms. The van der Waals surface area contributed by atoms with Gasteiger partial charge in [0, 0.05) is 6.54 Å². The Bertz CT molecular complexity index is 442. The Morgan fingerprint density at radius 3 is 2.79 bits per heavy atom. The summed E-state index contributed by atoms with van der Waals surface area (Å²) in [5.74, 6) is -0.0109. The number of fused-ring (bicyclic) bond motifs is 1. The number of nitrogens with one attached hydrogen (secondary N) is 1. The van der Waals surface area contributed by atoms with Crippen LogP contribution in [0, 0.1) is 0 Å². The molecule has 1 aromatic carbocycles. The van der Waals surface area contributed by atoms with Crippen LogP contribution in [-0.4, -0.2) is 23.7 Å². The van der Waals surface area contributed by atoms with Crippen molar-refractivity contribution in [2.45, 2.75) is 51.6 Å². The lowest BCUT2D eigenvalue weighted by atomic mass is 9.90. The second-order valence-electron chi connectivity index (χ2n) is 5.35. The van der Waals surface area contributed by atoms with Gasteiger partial charge in [-0.3, -0.25) is 4.79 Å². The van der Waals surface area contributed by atoms with Gasteiger partial charge in [0.1, 0.15) is 0 Å². The van der Waals surface area contributed by atoms with E-state index in [2.05, 4.69) is 23.5 Å². The maximum Gasteiger partial charge on any atom is 0.224 e. The van der Waals surface area contributed by atoms with Crippen LogP contribution in [0.4, 0.5) is 0 Å². The highest BCUT2D eigenvalue weighted by atomic mass is 16.3. The van der Waals surface area contributed by atoms with Gasteiger partial charge in [0.25, 0.3) is 0 Å². The maximum absolute atomic E-state index is 11.8. The molecule has 0 fully saturated rings. The summed E-state index contributed by atoms with van der Waals surface area (Å²) < 4.78 is 0. The Labute approximate surface area is 115 Å². The molecule has 0 saturated carbocycles. The molecule has 2 rings (SSSR count). The minimum atomic E-state index is -0.438. The van der Waals surface area contributed by atoms with Crippen LogP contribution in [0.15, 0.2) is 18.2 Å². The van der Waals surface area contributed by atoms with Gasteiger partial charge in [0.05, 0.1) is 12.5 Å². The van der Waals surface area contributed by atoms with E-state index in [4.69, 9.17) is 0 Å². The third-order valence-corrected chi connectivity index (χ3v) is 3.78. The Morgan fingerprint density at radius 2 is 2.05 bits per heavy atom. The summed E-state index contributed by atoms with van der Waals surface area (Å²) in [4.78, 5) is 11.8. The first-order chi connectivity index (χ1) is 9.19. The standard InChI is InChI=1S/C16H23NO2/c1-2-15(18)11-17-16(19)10-12-7-8-13-5-3-4-6-14(13)9-12/h7-9,15,18H,2-6,10-11H2,1H3,(H,17,19). The summed E-state index contributed by atoms with van der Waals surface area (Å²) >= 11 is 0. The zero-order valence-corrected chi connectivity index (χ0v) is 11.6. The molecule has 0 spiro atoms. The lowest BCUT2D eigenvalue weighted by molar-refractivity contribution is -0.120. The molecule has 3 nitrogen and oxygen atoms in total. The van der Waals surface area contributed by atoms with Crippen LogP contribution in [0.25, 0.3) is 0 Å². The number of aliphatic hydroxyl groups excluding tert-OH is 1. The lowest BCUT2D eigenvalue weighted by Gasteiger charge is -2.16. The number of aliphatic hydroxyl groups is 1. The first kappa shape index (κ1) is 14.1. The first-order valence-corrected chi connectivity index (χ1v) is 7.24. The Hall–Kier alpha value is -1.35. The molecular formula is C16H23NO2. The summed E-state index contributed by atoms with van der Waals surface area (Å²) in [6.45, 7) is 2.25. The third-order valence-electron chi connectivity index (χ3n) is 3.78. The van der Waals surface area contributed by atoms with E-state index in [-0.39, 0.29) is 5.91 Å². The van der Waals surface area contributed by atoms with Crippen molar-refractivity contribution in [1.29, 1.82) is 0 Å². The van der Waals surface area contributed by atoms with Crippen LogP contribution in [0.3, 0.4) is 0 Å². The molecule has 0 radical (unpaired) electrons. The SMILES string of the molecule is CCC(O)CNC(=O)Cc1ccc2c(c1)CCCC2. The van der Waals surface area contributed by atoms with Crippen molar-refractivity contribution in [3.05, 3.63) is 34.9 Å². The van der Waals surface area contributed by atoms with Crippen LogP contribution in [-0.2, 0) is 24.1 Å². The fourth-order valence-electron chi connectivity index (χ4n) is 2.52. The van der Waals surface area contributed by atoms with E-state index >= 15 is 0 Å². The number of benzene rings is 1. The van der Waals surface area contributed by atoms with E-state index in [0.29, 0.717) is 19.4 Å². The van der Waals surface area contributed by atoms with Gasteiger partial charge in [-0.2, -0.15) is 0 Å². The van der Waals surface area contributed by atoms with Crippen molar-refractivity contribution >= 4 is 5.91 Å². The fourth-order valence-corrected chi connectivity index (χ4v) is 2.52. The Morgan fingerprint density at radius 1 is 1.32 bits per heavy atom. The van der Waals surface area contributed by atoms with Gasteiger partial charge in [-0.25, -0.2) is 0 Å². The molecule has 0 aromatic heterocycles. The zero-order chi connectivity index (χ0) is 13.7. The van der Waals surface area contributed by atoms with Gasteiger partial charge in [0.15, 0.2) is 0 Å². The molecule has 1 atom stereocenters. The van der Waals surface area contributed by atoms with Gasteiger partial charge in [-0.05, 0) is 48.8 Å². The first-order valence-electron chi connectivity index (χ1n) is 7.24. The van der Waals surface area contributed by atoms with E-state index in [0.717, 1.165) is 12.0 Å². The molecule has 1 unspecified atom stereocenters. The largest absolute Gasteiger partial charge is 0.391 e. The number of rotatable bonds is 5. The number of hydrogen-bond donors (Lipinski definition) is 2. The van der Waals surface area contributed by atoms with Gasteiger partial charge in [-0.15, -0.1) is 0 Å². The van der Waals surface area contributed by atoms with E-state index < -0.39 is 6.10 Å². The van der Waals surface area contributed by atoms with Gasteiger partial charge >= 0.3 is 0 Å². The predicted octanol–water partition coefficient (Wildman–Crippen LogP) is 1.99. The predicted molar refractivity (Wildman–Crippen MR) is 76.1 cm³/mol. The molecule has 104 valence electrons. The normalized spacial score (nSPS) is 15.7. The summed E-state index contributed by atoms with van der Waals surface area (Å²) in [5.41, 5.74) is 3.92. The summed E-state index contributed by atoms with van der Waals surface area (Å²) in [6.07, 6.45) is 5.48. The van der Waals surface area contributed by atoms with Crippen LogP contribution in [0.2, 0.25) is 0 Å². The van der Waals surface area contributed by atoms with Gasteiger partial charge in [0.2, 0.25) is 5.91 Å². The van der Waals surface area contributed by atoms with Gasteiger partial charge in [-0.1, -0.05) is 25.1 Å². The molecule has 1 amide bonds. The number of amides is 1. The quantitative estimate of drug-likeness (QED) is 0.851. The Balaban J connectivity index is 1.90. The lowest BCUT2D eigenvalue weighted by Crippen LogP contribution is -2.32. The van der Waals surface area contributed by atoms with Crippen molar-refractivity contribution in [1.82, 2.24) is 5.32 Å². The minimum Gasteiger partial charge on any atom is -0.391 e. The van der Waals surface area contributed by atoms with Crippen molar-refractivity contribution < 1.29 is 9.90 Å². The molecule has 0 bridgehead atoms. The van der Waals surface area contributed by atoms with Crippen LogP contribution < -0.4 is 5.32 Å². The molecule has 3 heteroatoms. The third kappa shape index (κ3) is 4.06. The van der Waals surface area contributed by atoms with Crippen molar-refractivity contribution in [2.24, 2.45) is 0 Å². The summed E-state index contributed by atoms with van der Waals surface area (Å²) in [7, 11) is 0. The molecular weight excluding hydrogens is 238 g/mol. The van der Waals surface area contributed by atoms with E-state index in [9.17, 15) is 9.90 Å². The van der Waals surface area contributed by atoms with Crippen LogP contribution >= 0.6 is 0 Å². The highest BCUT2D eigenvalue weighted by Crippen LogP contribution is 2.22. The monoisotopic (exact) mass is 261 g/mol. The summed E-state index contributed by atoms with van der Waals surface area (Å²) in [6, 6.07) is 6.39. The smallest absolute Gasteiger partial charge is 0.224 e. The highest BCUT2D eigenvalue weighted by Gasteiger charge is 2.11. The van der Waals surface area contributed by atoms with Crippen LogP contribution in [0.1, 0.15) is 42.9 Å². The maximum atomic E-state index is 11.8. The topological polar surface area (TPSA) is 49.3 Å². The second-order valence-corrected chi connectivity index (χ2v) is 5.35. The van der Waals surface area contributed by atoms with E-state index in [1.807, 2.05) is 6.92 Å². The zero-order valence-electron chi connectivity index (χ0n) is 11.6. The number of hydrogen-bond acceptors (Lipinski definition) is 2.